The summed E-state index contributed by atoms with van der Waals surface area (Å²) in [7, 11) is 3.74. The molecule has 0 aliphatic rings. The van der Waals surface area contributed by atoms with Crippen LogP contribution in [-0.2, 0) is 6.54 Å². The second-order valence-corrected chi connectivity index (χ2v) is 6.74. The molecule has 1 aromatic heterocycles. The maximum absolute atomic E-state index is 13.0. The third-order valence-electron chi connectivity index (χ3n) is 3.66. The van der Waals surface area contributed by atoms with Crippen molar-refractivity contribution in [3.8, 4) is 21.8 Å². The minimum absolute atomic E-state index is 0.0857. The molecule has 3 rings (SSSR count). The molecule has 0 aliphatic heterocycles. The monoisotopic (exact) mass is 357 g/mol. The molecule has 0 N–H and O–H groups in total. The van der Waals surface area contributed by atoms with Crippen LogP contribution in [0.3, 0.4) is 0 Å². The van der Waals surface area contributed by atoms with E-state index in [1.54, 1.807) is 24.3 Å². The summed E-state index contributed by atoms with van der Waals surface area (Å²) in [5, 5.41) is 14.0. The molecule has 5 nitrogen and oxygen atoms in total. The molecule has 0 saturated carbocycles. The number of aromatic nitrogens is 1. The van der Waals surface area contributed by atoms with Gasteiger partial charge in [-0.25, -0.2) is 9.37 Å². The molecule has 25 heavy (non-hydrogen) atoms. The average molecular weight is 357 g/mol. The van der Waals surface area contributed by atoms with Gasteiger partial charge in [-0.3, -0.25) is 10.1 Å². The van der Waals surface area contributed by atoms with Gasteiger partial charge >= 0.3 is 0 Å². The van der Waals surface area contributed by atoms with Gasteiger partial charge in [0, 0.05) is 34.7 Å². The number of halogens is 1. The SMILES string of the molecule is CN(C)Cc1ccc(-c2csc(-c3ccc(F)cc3)n2)cc1[N+](=O)[O-]. The van der Waals surface area contributed by atoms with Gasteiger partial charge in [-0.15, -0.1) is 11.3 Å². The molecular formula is C18H16FN3O2S. The summed E-state index contributed by atoms with van der Waals surface area (Å²) in [6.45, 7) is 0.495. The van der Waals surface area contributed by atoms with E-state index in [2.05, 4.69) is 4.98 Å². The van der Waals surface area contributed by atoms with Crippen molar-refractivity contribution in [3.05, 3.63) is 69.3 Å². The first kappa shape index (κ1) is 17.2. The van der Waals surface area contributed by atoms with E-state index in [9.17, 15) is 14.5 Å². The van der Waals surface area contributed by atoms with Crippen molar-refractivity contribution in [1.29, 1.82) is 0 Å². The fourth-order valence-electron chi connectivity index (χ4n) is 2.50. The van der Waals surface area contributed by atoms with Crippen LogP contribution in [0.1, 0.15) is 5.56 Å². The van der Waals surface area contributed by atoms with Gasteiger partial charge in [-0.1, -0.05) is 12.1 Å². The Balaban J connectivity index is 1.95. The van der Waals surface area contributed by atoms with E-state index in [0.717, 1.165) is 10.6 Å². The predicted molar refractivity (Wildman–Crippen MR) is 97.0 cm³/mol. The number of thiazole rings is 1. The molecule has 0 radical (unpaired) electrons. The lowest BCUT2D eigenvalue weighted by molar-refractivity contribution is -0.385. The minimum Gasteiger partial charge on any atom is -0.305 e. The molecule has 7 heteroatoms. The molecule has 0 spiro atoms. The number of nitro groups is 1. The van der Waals surface area contributed by atoms with Crippen LogP contribution < -0.4 is 0 Å². The Morgan fingerprint density at radius 3 is 2.48 bits per heavy atom. The van der Waals surface area contributed by atoms with Gasteiger partial charge in [0.25, 0.3) is 5.69 Å². The Morgan fingerprint density at radius 1 is 1.16 bits per heavy atom. The second-order valence-electron chi connectivity index (χ2n) is 5.88. The van der Waals surface area contributed by atoms with Gasteiger partial charge in [0.05, 0.1) is 10.6 Å². The summed E-state index contributed by atoms with van der Waals surface area (Å²) in [4.78, 5) is 17.4. The predicted octanol–water partition coefficient (Wildman–Crippen LogP) is 4.59. The van der Waals surface area contributed by atoms with Crippen LogP contribution >= 0.6 is 11.3 Å². The van der Waals surface area contributed by atoms with Crippen LogP contribution in [-0.4, -0.2) is 28.9 Å². The van der Waals surface area contributed by atoms with E-state index in [-0.39, 0.29) is 16.4 Å². The quantitative estimate of drug-likeness (QED) is 0.495. The maximum Gasteiger partial charge on any atom is 0.274 e. The zero-order valence-electron chi connectivity index (χ0n) is 13.8. The van der Waals surface area contributed by atoms with Crippen molar-refractivity contribution in [2.75, 3.05) is 14.1 Å². The number of nitro benzene ring substituents is 1. The summed E-state index contributed by atoms with van der Waals surface area (Å²) in [6, 6.07) is 11.3. The number of hydrogen-bond donors (Lipinski definition) is 0. The Morgan fingerprint density at radius 2 is 1.84 bits per heavy atom. The van der Waals surface area contributed by atoms with Gasteiger partial charge < -0.3 is 4.90 Å². The van der Waals surface area contributed by atoms with Crippen molar-refractivity contribution in [1.82, 2.24) is 9.88 Å². The smallest absolute Gasteiger partial charge is 0.274 e. The van der Waals surface area contributed by atoms with Gasteiger partial charge in [0.1, 0.15) is 10.8 Å². The molecule has 1 heterocycles. The van der Waals surface area contributed by atoms with Crippen LogP contribution in [0.2, 0.25) is 0 Å². The standard InChI is InChI=1S/C18H16FN3O2S/c1-21(2)10-14-4-3-13(9-17(14)22(23)24)16-11-25-18(20-16)12-5-7-15(19)8-6-12/h3-9,11H,10H2,1-2H3. The van der Waals surface area contributed by atoms with E-state index in [1.165, 1.54) is 23.5 Å². The minimum atomic E-state index is -0.365. The number of hydrogen-bond acceptors (Lipinski definition) is 5. The average Bonchev–Trinajstić information content (AvgIpc) is 3.05. The number of rotatable bonds is 5. The second kappa shape index (κ2) is 7.08. The highest BCUT2D eigenvalue weighted by atomic mass is 32.1. The molecular weight excluding hydrogens is 341 g/mol. The summed E-state index contributed by atoms with van der Waals surface area (Å²) < 4.78 is 13.0. The van der Waals surface area contributed by atoms with E-state index in [4.69, 9.17) is 0 Å². The molecule has 0 unspecified atom stereocenters. The van der Waals surface area contributed by atoms with Crippen molar-refractivity contribution in [2.24, 2.45) is 0 Å². The van der Waals surface area contributed by atoms with Crippen LogP contribution in [0.5, 0.6) is 0 Å². The van der Waals surface area contributed by atoms with E-state index < -0.39 is 0 Å². The van der Waals surface area contributed by atoms with Crippen molar-refractivity contribution < 1.29 is 9.31 Å². The fourth-order valence-corrected chi connectivity index (χ4v) is 3.33. The first-order chi connectivity index (χ1) is 11.9. The first-order valence-corrected chi connectivity index (χ1v) is 8.46. The van der Waals surface area contributed by atoms with Crippen molar-refractivity contribution in [3.63, 3.8) is 0 Å². The Bertz CT molecular complexity index is 907. The zero-order valence-corrected chi connectivity index (χ0v) is 14.6. The van der Waals surface area contributed by atoms with Crippen molar-refractivity contribution in [2.45, 2.75) is 6.54 Å². The van der Waals surface area contributed by atoms with Gasteiger partial charge in [0.2, 0.25) is 0 Å². The number of benzene rings is 2. The van der Waals surface area contributed by atoms with Crippen molar-refractivity contribution >= 4 is 17.0 Å². The lowest BCUT2D eigenvalue weighted by Gasteiger charge is -2.10. The zero-order chi connectivity index (χ0) is 18.0. The lowest BCUT2D eigenvalue weighted by Crippen LogP contribution is -2.12. The summed E-state index contributed by atoms with van der Waals surface area (Å²) in [6.07, 6.45) is 0. The molecule has 3 aromatic rings. The highest BCUT2D eigenvalue weighted by molar-refractivity contribution is 7.13. The Labute approximate surface area is 148 Å². The largest absolute Gasteiger partial charge is 0.305 e. The topological polar surface area (TPSA) is 59.3 Å². The summed E-state index contributed by atoms with van der Waals surface area (Å²) in [5.41, 5.74) is 2.93. The lowest BCUT2D eigenvalue weighted by atomic mass is 10.1. The molecule has 128 valence electrons. The van der Waals surface area contributed by atoms with Gasteiger partial charge in [0.15, 0.2) is 0 Å². The van der Waals surface area contributed by atoms with E-state index in [0.29, 0.717) is 23.4 Å². The highest BCUT2D eigenvalue weighted by Gasteiger charge is 2.17. The molecule has 0 fully saturated rings. The Hall–Kier alpha value is -2.64. The van der Waals surface area contributed by atoms with Gasteiger partial charge in [-0.2, -0.15) is 0 Å². The molecule has 0 bridgehead atoms. The molecule has 0 atom stereocenters. The normalized spacial score (nSPS) is 11.0. The van der Waals surface area contributed by atoms with Gasteiger partial charge in [-0.05, 0) is 38.4 Å². The summed E-state index contributed by atoms with van der Waals surface area (Å²) in [5.74, 6) is -0.298. The third kappa shape index (κ3) is 3.89. The molecule has 0 amide bonds. The van der Waals surface area contributed by atoms with Crippen LogP contribution in [0.15, 0.2) is 47.8 Å². The van der Waals surface area contributed by atoms with E-state index in [1.807, 2.05) is 30.4 Å². The van der Waals surface area contributed by atoms with Crippen LogP contribution in [0.4, 0.5) is 10.1 Å². The van der Waals surface area contributed by atoms with E-state index >= 15 is 0 Å². The van der Waals surface area contributed by atoms with Crippen LogP contribution in [0, 0.1) is 15.9 Å². The van der Waals surface area contributed by atoms with Crippen LogP contribution in [0.25, 0.3) is 21.8 Å². The fraction of sp³-hybridized carbons (Fsp3) is 0.167. The molecule has 0 saturated heterocycles. The molecule has 2 aromatic carbocycles. The molecule has 0 aliphatic carbocycles. The first-order valence-electron chi connectivity index (χ1n) is 7.58. The third-order valence-corrected chi connectivity index (χ3v) is 4.55. The number of nitrogens with zero attached hydrogens (tertiary/aromatic N) is 3. The highest BCUT2D eigenvalue weighted by Crippen LogP contribution is 2.32. The Kier molecular flexibility index (Phi) is 4.87. The maximum atomic E-state index is 13.0. The summed E-state index contributed by atoms with van der Waals surface area (Å²) >= 11 is 1.42.